The third-order valence-electron chi connectivity index (χ3n) is 6.28. The van der Waals surface area contributed by atoms with Crippen LogP contribution in [-0.4, -0.2) is 11.9 Å². The van der Waals surface area contributed by atoms with Gasteiger partial charge in [-0.1, -0.05) is 20.8 Å². The van der Waals surface area contributed by atoms with Gasteiger partial charge in [0, 0.05) is 17.3 Å². The van der Waals surface area contributed by atoms with Gasteiger partial charge in [0.25, 0.3) is 5.91 Å². The van der Waals surface area contributed by atoms with E-state index in [4.69, 9.17) is 5.73 Å². The minimum atomic E-state index is -0.473. The van der Waals surface area contributed by atoms with Crippen LogP contribution in [0.3, 0.4) is 0 Å². The normalized spacial score (nSPS) is 33.1. The Balaban J connectivity index is 1.80. The zero-order chi connectivity index (χ0) is 15.4. The number of nitrogens with two attached hydrogens (primary N) is 1. The van der Waals surface area contributed by atoms with Gasteiger partial charge in [-0.25, -0.2) is 4.39 Å². The summed E-state index contributed by atoms with van der Waals surface area (Å²) in [6.45, 7) is 6.87. The van der Waals surface area contributed by atoms with Crippen LogP contribution in [0.4, 0.5) is 10.1 Å². The fourth-order valence-electron chi connectivity index (χ4n) is 4.41. The number of benzene rings is 1. The average Bonchev–Trinajstić information content (AvgIpc) is 2.70. The summed E-state index contributed by atoms with van der Waals surface area (Å²) in [7, 11) is 0. The van der Waals surface area contributed by atoms with Gasteiger partial charge in [0.05, 0.1) is 0 Å². The predicted octanol–water partition coefficient (Wildman–Crippen LogP) is 3.35. The Kier molecular flexibility index (Phi) is 3.05. The van der Waals surface area contributed by atoms with Crippen LogP contribution >= 0.6 is 0 Å². The largest absolute Gasteiger partial charge is 0.399 e. The minimum Gasteiger partial charge on any atom is -0.399 e. The first-order valence-corrected chi connectivity index (χ1v) is 7.61. The molecule has 3 nitrogen and oxygen atoms in total. The quantitative estimate of drug-likeness (QED) is 0.821. The van der Waals surface area contributed by atoms with E-state index in [9.17, 15) is 9.18 Å². The molecule has 21 heavy (non-hydrogen) atoms. The fraction of sp³-hybridized carbons (Fsp3) is 0.588. The van der Waals surface area contributed by atoms with Crippen molar-refractivity contribution in [3.05, 3.63) is 29.6 Å². The van der Waals surface area contributed by atoms with Gasteiger partial charge >= 0.3 is 0 Å². The lowest BCUT2D eigenvalue weighted by atomic mass is 9.69. The first kappa shape index (κ1) is 14.4. The summed E-state index contributed by atoms with van der Waals surface area (Å²) in [5, 5.41) is 3.12. The molecule has 3 atom stereocenters. The van der Waals surface area contributed by atoms with Crippen molar-refractivity contribution in [3.8, 4) is 0 Å². The lowest BCUT2D eigenvalue weighted by Crippen LogP contribution is -2.46. The van der Waals surface area contributed by atoms with Crippen LogP contribution in [0.2, 0.25) is 0 Å². The number of fused-ring (bicyclic) bond motifs is 2. The van der Waals surface area contributed by atoms with Crippen molar-refractivity contribution in [2.75, 3.05) is 5.73 Å². The summed E-state index contributed by atoms with van der Waals surface area (Å²) in [5.41, 5.74) is 6.55. The molecule has 2 saturated carbocycles. The second kappa shape index (κ2) is 4.46. The van der Waals surface area contributed by atoms with E-state index in [0.29, 0.717) is 11.5 Å². The fourth-order valence-corrected chi connectivity index (χ4v) is 4.41. The van der Waals surface area contributed by atoms with Crippen molar-refractivity contribution in [1.82, 2.24) is 5.32 Å². The Morgan fingerprint density at radius 3 is 2.57 bits per heavy atom. The van der Waals surface area contributed by atoms with Crippen LogP contribution in [0, 0.1) is 22.6 Å². The number of amides is 1. The molecule has 1 aromatic carbocycles. The third kappa shape index (κ3) is 2.03. The maximum atomic E-state index is 13.4. The number of halogens is 1. The van der Waals surface area contributed by atoms with Crippen molar-refractivity contribution in [2.45, 2.75) is 46.1 Å². The maximum absolute atomic E-state index is 13.4. The molecule has 1 aromatic rings. The highest BCUT2D eigenvalue weighted by atomic mass is 19.1. The van der Waals surface area contributed by atoms with Gasteiger partial charge < -0.3 is 11.1 Å². The molecule has 0 aliphatic heterocycles. The molecule has 1 amide bonds. The molecule has 2 aliphatic carbocycles. The summed E-state index contributed by atoms with van der Waals surface area (Å²) < 4.78 is 13.4. The molecular formula is C17H23FN2O. The van der Waals surface area contributed by atoms with Crippen LogP contribution < -0.4 is 11.1 Å². The smallest absolute Gasteiger partial charge is 0.251 e. The molecule has 2 aliphatic rings. The molecule has 3 unspecified atom stereocenters. The molecule has 114 valence electrons. The maximum Gasteiger partial charge on any atom is 0.251 e. The van der Waals surface area contributed by atoms with Crippen molar-refractivity contribution >= 4 is 11.6 Å². The van der Waals surface area contributed by atoms with Crippen molar-refractivity contribution in [2.24, 2.45) is 16.7 Å². The van der Waals surface area contributed by atoms with Crippen molar-refractivity contribution in [3.63, 3.8) is 0 Å². The highest BCUT2D eigenvalue weighted by Crippen LogP contribution is 2.65. The number of nitrogen functional groups attached to an aromatic ring is 1. The number of carbonyl (C=O) groups is 1. The molecule has 0 spiro atoms. The average molecular weight is 290 g/mol. The van der Waals surface area contributed by atoms with E-state index in [2.05, 4.69) is 26.1 Å². The molecule has 4 heteroatoms. The standard InChI is InChI=1S/C17H23FN2O/c1-16(2)11-4-5-17(16,3)14(8-11)20-15(21)10-6-12(18)9-13(19)7-10/h6-7,9,11,14H,4-5,8,19H2,1-3H3,(H,20,21). The number of hydrogen-bond acceptors (Lipinski definition) is 2. The Morgan fingerprint density at radius 1 is 1.33 bits per heavy atom. The van der Waals surface area contributed by atoms with E-state index in [1.165, 1.54) is 24.6 Å². The molecule has 0 heterocycles. The predicted molar refractivity (Wildman–Crippen MR) is 81.3 cm³/mol. The Morgan fingerprint density at radius 2 is 2.05 bits per heavy atom. The number of nitrogens with one attached hydrogen (secondary N) is 1. The Bertz CT molecular complexity index is 578. The molecular weight excluding hydrogens is 267 g/mol. The van der Waals surface area contributed by atoms with E-state index >= 15 is 0 Å². The molecule has 2 fully saturated rings. The van der Waals surface area contributed by atoms with E-state index < -0.39 is 5.82 Å². The number of rotatable bonds is 2. The number of carbonyl (C=O) groups excluding carboxylic acids is 1. The van der Waals surface area contributed by atoms with Crippen LogP contribution in [0.15, 0.2) is 18.2 Å². The van der Waals surface area contributed by atoms with Gasteiger partial charge in [-0.15, -0.1) is 0 Å². The van der Waals surface area contributed by atoms with Crippen LogP contribution in [0.1, 0.15) is 50.4 Å². The van der Waals surface area contributed by atoms with Crippen LogP contribution in [0.5, 0.6) is 0 Å². The van der Waals surface area contributed by atoms with Crippen molar-refractivity contribution in [1.29, 1.82) is 0 Å². The first-order valence-electron chi connectivity index (χ1n) is 7.61. The molecule has 3 N–H and O–H groups in total. The Labute approximate surface area is 125 Å². The lowest BCUT2D eigenvalue weighted by molar-refractivity contribution is 0.0826. The third-order valence-corrected chi connectivity index (χ3v) is 6.28. The number of hydrogen-bond donors (Lipinski definition) is 2. The SMILES string of the molecule is CC1(C)C2CCC1(C)C(NC(=O)c1cc(N)cc(F)c1)C2. The topological polar surface area (TPSA) is 55.1 Å². The summed E-state index contributed by atoms with van der Waals surface area (Å²) in [6, 6.07) is 4.15. The summed E-state index contributed by atoms with van der Waals surface area (Å²) in [5.74, 6) is -0.0409. The van der Waals surface area contributed by atoms with E-state index in [0.717, 1.165) is 12.8 Å². The summed E-state index contributed by atoms with van der Waals surface area (Å²) in [4.78, 5) is 12.4. The second-order valence-corrected chi connectivity index (χ2v) is 7.41. The van der Waals surface area contributed by atoms with Crippen LogP contribution in [0.25, 0.3) is 0 Å². The van der Waals surface area contributed by atoms with Gasteiger partial charge in [-0.05, 0) is 54.2 Å². The summed E-state index contributed by atoms with van der Waals surface area (Å²) >= 11 is 0. The highest BCUT2D eigenvalue weighted by Gasteiger charge is 2.61. The van der Waals surface area contributed by atoms with Crippen molar-refractivity contribution < 1.29 is 9.18 Å². The minimum absolute atomic E-state index is 0.117. The zero-order valence-corrected chi connectivity index (χ0v) is 12.9. The zero-order valence-electron chi connectivity index (χ0n) is 12.9. The second-order valence-electron chi connectivity index (χ2n) is 7.41. The van der Waals surface area contributed by atoms with Gasteiger partial charge in [0.2, 0.25) is 0 Å². The highest BCUT2D eigenvalue weighted by molar-refractivity contribution is 5.95. The summed E-state index contributed by atoms with van der Waals surface area (Å²) in [6.07, 6.45) is 3.39. The van der Waals surface area contributed by atoms with Gasteiger partial charge in [0.1, 0.15) is 5.82 Å². The molecule has 3 rings (SSSR count). The molecule has 0 saturated heterocycles. The van der Waals surface area contributed by atoms with E-state index in [1.54, 1.807) is 0 Å². The first-order chi connectivity index (χ1) is 9.74. The Hall–Kier alpha value is -1.58. The van der Waals surface area contributed by atoms with Gasteiger partial charge in [-0.3, -0.25) is 4.79 Å². The van der Waals surface area contributed by atoms with E-state index in [-0.39, 0.29) is 28.5 Å². The molecule has 0 radical (unpaired) electrons. The van der Waals surface area contributed by atoms with Gasteiger partial charge in [-0.2, -0.15) is 0 Å². The lowest BCUT2D eigenvalue weighted by Gasteiger charge is -2.39. The molecule has 0 aromatic heterocycles. The van der Waals surface area contributed by atoms with E-state index in [1.807, 2.05) is 0 Å². The monoisotopic (exact) mass is 290 g/mol. The molecule has 2 bridgehead atoms. The van der Waals surface area contributed by atoms with Gasteiger partial charge in [0.15, 0.2) is 0 Å². The van der Waals surface area contributed by atoms with Crippen LogP contribution in [-0.2, 0) is 0 Å². The number of anilines is 1.